The molecule has 3 aliphatic heterocycles. The minimum Gasteiger partial charge on any atom is -0.497 e. The number of urea groups is 1. The molecule has 53 heavy (non-hydrogen) atoms. The molecule has 14 nitrogen and oxygen atoms in total. The van der Waals surface area contributed by atoms with Gasteiger partial charge in [0.25, 0.3) is 0 Å². The van der Waals surface area contributed by atoms with E-state index in [-0.39, 0.29) is 6.03 Å². The summed E-state index contributed by atoms with van der Waals surface area (Å²) in [6.45, 7) is 10.2. The molecule has 5 heterocycles. The third-order valence-corrected chi connectivity index (χ3v) is 10.1. The van der Waals surface area contributed by atoms with Crippen molar-refractivity contribution in [2.75, 3.05) is 108 Å². The van der Waals surface area contributed by atoms with Crippen LogP contribution in [0.3, 0.4) is 0 Å². The van der Waals surface area contributed by atoms with Crippen molar-refractivity contribution in [1.82, 2.24) is 35.1 Å². The summed E-state index contributed by atoms with van der Waals surface area (Å²) in [4.78, 5) is 44.3. The Morgan fingerprint density at radius 2 is 1.45 bits per heavy atom. The molecule has 0 radical (unpaired) electrons. The van der Waals surface area contributed by atoms with Crippen molar-refractivity contribution in [3.63, 3.8) is 0 Å². The Morgan fingerprint density at radius 1 is 0.830 bits per heavy atom. The second-order valence-electron chi connectivity index (χ2n) is 13.7. The van der Waals surface area contributed by atoms with Crippen LogP contribution in [0.1, 0.15) is 23.1 Å². The van der Waals surface area contributed by atoms with Gasteiger partial charge in [0.1, 0.15) is 17.3 Å². The Morgan fingerprint density at radius 3 is 2.06 bits per heavy atom. The zero-order chi connectivity index (χ0) is 36.6. The summed E-state index contributed by atoms with van der Waals surface area (Å²) in [5.74, 6) is 3.45. The molecule has 2 fully saturated rings. The first-order valence-corrected chi connectivity index (χ1v) is 18.5. The quantitative estimate of drug-likeness (QED) is 0.203. The predicted octanol–water partition coefficient (Wildman–Crippen LogP) is 3.70. The first-order valence-electron chi connectivity index (χ1n) is 18.5. The molecule has 0 atom stereocenters. The lowest BCUT2D eigenvalue weighted by molar-refractivity contribution is 0.122. The highest BCUT2D eigenvalue weighted by Crippen LogP contribution is 2.36. The largest absolute Gasteiger partial charge is 0.497 e. The van der Waals surface area contributed by atoms with Crippen LogP contribution >= 0.6 is 0 Å². The number of morpholine rings is 1. The van der Waals surface area contributed by atoms with Gasteiger partial charge >= 0.3 is 6.03 Å². The normalized spacial score (nSPS) is 16.4. The number of nitrogens with zero attached hydrogens (tertiary/aromatic N) is 9. The van der Waals surface area contributed by atoms with Crippen LogP contribution in [0.5, 0.6) is 11.5 Å². The molecule has 0 unspecified atom stereocenters. The number of nitrogens with one attached hydrogen (secondary N) is 1. The van der Waals surface area contributed by atoms with E-state index in [1.54, 1.807) is 19.1 Å². The molecular formula is C39H50N10O4. The Bertz CT molecular complexity index is 1750. The summed E-state index contributed by atoms with van der Waals surface area (Å²) in [5.41, 5.74) is 4.68. The molecule has 14 heteroatoms. The van der Waals surface area contributed by atoms with Gasteiger partial charge in [0.15, 0.2) is 0 Å². The number of hydrogen-bond acceptors (Lipinski definition) is 12. The summed E-state index contributed by atoms with van der Waals surface area (Å²) in [6, 6.07) is 16.0. The van der Waals surface area contributed by atoms with E-state index in [0.29, 0.717) is 76.6 Å². The van der Waals surface area contributed by atoms with Gasteiger partial charge in [0, 0.05) is 89.0 Å². The maximum atomic E-state index is 13.6. The van der Waals surface area contributed by atoms with Crippen LogP contribution in [-0.4, -0.2) is 129 Å². The first-order chi connectivity index (χ1) is 26.0. The molecule has 7 rings (SSSR count). The molecule has 280 valence electrons. The lowest BCUT2D eigenvalue weighted by Gasteiger charge is -2.32. The highest BCUT2D eigenvalue weighted by molar-refractivity contribution is 5.94. The lowest BCUT2D eigenvalue weighted by atomic mass is 10.1. The van der Waals surface area contributed by atoms with Gasteiger partial charge < -0.3 is 39.1 Å². The fourth-order valence-electron chi connectivity index (χ4n) is 6.96. The summed E-state index contributed by atoms with van der Waals surface area (Å²) in [7, 11) is 5.50. The Kier molecular flexibility index (Phi) is 11.8. The average Bonchev–Trinajstić information content (AvgIpc) is 3.65. The van der Waals surface area contributed by atoms with Crippen LogP contribution in [0, 0.1) is 0 Å². The smallest absolute Gasteiger partial charge is 0.323 e. The average molecular weight is 723 g/mol. The minimum atomic E-state index is -0.126. The van der Waals surface area contributed by atoms with Crippen LogP contribution in [0.15, 0.2) is 60.9 Å². The number of amides is 2. The number of ether oxygens (including phenoxy) is 3. The molecule has 2 aromatic heterocycles. The first kappa shape index (κ1) is 36.3. The Balaban J connectivity index is 1.12. The van der Waals surface area contributed by atoms with Crippen molar-refractivity contribution >= 4 is 23.7 Å². The van der Waals surface area contributed by atoms with E-state index in [1.165, 1.54) is 0 Å². The summed E-state index contributed by atoms with van der Waals surface area (Å²) >= 11 is 0. The molecular weight excluding hydrogens is 672 g/mol. The summed E-state index contributed by atoms with van der Waals surface area (Å²) < 4.78 is 16.4. The third kappa shape index (κ3) is 8.95. The highest BCUT2D eigenvalue weighted by Gasteiger charge is 2.32. The standard InChI is InChI=1S/C39H50N10O4/c1-45-17-19-46(20-18-45)15-4-14-40-39(50)49-16-13-34-35(43-38(44-36(34)49)47-21-23-53-24-22-47)31-25-41-37(42-26-31)48(27-29-5-9-32(51-2)10-6-29)28-30-7-11-33(52-3)12-8-30/h5-12,25-26H,4,13-24,27-28H2,1-3H3,(H,40,50). The van der Waals surface area contributed by atoms with Crippen LogP contribution < -0.4 is 29.5 Å². The van der Waals surface area contributed by atoms with Gasteiger partial charge in [-0.15, -0.1) is 0 Å². The Labute approximate surface area is 311 Å². The number of carbonyl (C=O) groups excluding carboxylic acids is 1. The van der Waals surface area contributed by atoms with Crippen molar-refractivity contribution in [2.45, 2.75) is 25.9 Å². The molecule has 4 aromatic rings. The summed E-state index contributed by atoms with van der Waals surface area (Å²) in [5, 5.41) is 3.16. The highest BCUT2D eigenvalue weighted by atomic mass is 16.5. The van der Waals surface area contributed by atoms with Crippen LogP contribution in [-0.2, 0) is 24.2 Å². The van der Waals surface area contributed by atoms with E-state index in [4.69, 9.17) is 34.1 Å². The van der Waals surface area contributed by atoms with Gasteiger partial charge in [-0.05, 0) is 61.8 Å². The van der Waals surface area contributed by atoms with Gasteiger partial charge in [-0.3, -0.25) is 4.90 Å². The molecule has 2 amide bonds. The molecule has 0 bridgehead atoms. The van der Waals surface area contributed by atoms with Gasteiger partial charge in [-0.1, -0.05) is 24.3 Å². The second kappa shape index (κ2) is 17.2. The van der Waals surface area contributed by atoms with E-state index in [1.807, 2.05) is 36.7 Å². The fourth-order valence-corrected chi connectivity index (χ4v) is 6.96. The molecule has 2 aromatic carbocycles. The molecule has 0 spiro atoms. The van der Waals surface area contributed by atoms with Crippen molar-refractivity contribution in [1.29, 1.82) is 0 Å². The van der Waals surface area contributed by atoms with Gasteiger partial charge in [-0.2, -0.15) is 4.98 Å². The van der Waals surface area contributed by atoms with Gasteiger partial charge in [0.05, 0.1) is 33.1 Å². The van der Waals surface area contributed by atoms with Crippen LogP contribution in [0.4, 0.5) is 22.5 Å². The van der Waals surface area contributed by atoms with E-state index >= 15 is 0 Å². The number of piperazine rings is 1. The lowest BCUT2D eigenvalue weighted by Crippen LogP contribution is -2.45. The SMILES string of the molecule is COc1ccc(CN(Cc2ccc(OC)cc2)c2ncc(-c3nc(N4CCOCC4)nc4c3CCN4C(=O)NCCCN3CCN(C)CC3)cn2)cc1. The van der Waals surface area contributed by atoms with E-state index in [9.17, 15) is 4.79 Å². The number of benzene rings is 2. The molecule has 2 saturated heterocycles. The molecule has 0 aliphatic carbocycles. The molecule has 0 saturated carbocycles. The minimum absolute atomic E-state index is 0.126. The summed E-state index contributed by atoms with van der Waals surface area (Å²) in [6.07, 6.45) is 5.22. The van der Waals surface area contributed by atoms with Gasteiger partial charge in [0.2, 0.25) is 11.9 Å². The van der Waals surface area contributed by atoms with Crippen molar-refractivity contribution in [3.8, 4) is 22.8 Å². The maximum absolute atomic E-state index is 13.6. The van der Waals surface area contributed by atoms with Crippen molar-refractivity contribution < 1.29 is 19.0 Å². The van der Waals surface area contributed by atoms with Crippen molar-refractivity contribution in [3.05, 3.63) is 77.6 Å². The fraction of sp³-hybridized carbons (Fsp3) is 0.462. The van der Waals surface area contributed by atoms with Gasteiger partial charge in [-0.25, -0.2) is 19.7 Å². The number of fused-ring (bicyclic) bond motifs is 1. The second-order valence-corrected chi connectivity index (χ2v) is 13.7. The number of hydrogen-bond donors (Lipinski definition) is 1. The molecule has 1 N–H and O–H groups in total. The molecule has 3 aliphatic rings. The maximum Gasteiger partial charge on any atom is 0.323 e. The Hall–Kier alpha value is -5.05. The number of carbonyl (C=O) groups is 1. The number of anilines is 3. The number of aromatic nitrogens is 4. The monoisotopic (exact) mass is 722 g/mol. The number of methoxy groups -OCH3 is 2. The zero-order valence-corrected chi connectivity index (χ0v) is 31.0. The predicted molar refractivity (Wildman–Crippen MR) is 205 cm³/mol. The zero-order valence-electron chi connectivity index (χ0n) is 31.0. The van der Waals surface area contributed by atoms with Crippen molar-refractivity contribution in [2.24, 2.45) is 0 Å². The number of rotatable bonds is 13. The van der Waals surface area contributed by atoms with E-state index in [2.05, 4.69) is 56.2 Å². The van der Waals surface area contributed by atoms with E-state index < -0.39 is 0 Å². The topological polar surface area (TPSA) is 125 Å². The number of likely N-dealkylation sites (N-methyl/N-ethyl adjacent to an activating group) is 1. The van der Waals surface area contributed by atoms with E-state index in [0.717, 1.165) is 78.6 Å². The van der Waals surface area contributed by atoms with Crippen LogP contribution in [0.25, 0.3) is 11.3 Å². The third-order valence-electron chi connectivity index (χ3n) is 10.1. The van der Waals surface area contributed by atoms with Crippen LogP contribution in [0.2, 0.25) is 0 Å².